The molecule has 0 saturated heterocycles. The number of hydrogen-bond donors (Lipinski definition) is 2. The Bertz CT molecular complexity index is 1470. The van der Waals surface area contributed by atoms with Gasteiger partial charge >= 0.3 is 5.97 Å². The van der Waals surface area contributed by atoms with Crippen LogP contribution in [-0.2, 0) is 11.4 Å². The molecule has 42 heavy (non-hydrogen) atoms. The third-order valence-corrected chi connectivity index (χ3v) is 7.65. The van der Waals surface area contributed by atoms with Gasteiger partial charge in [0.05, 0.1) is 12.5 Å². The molecular weight excluding hydrogens is 530 g/mol. The molecule has 0 spiro atoms. The van der Waals surface area contributed by atoms with Gasteiger partial charge in [-0.05, 0) is 67.8 Å². The number of nitrogens with one attached hydrogen (secondary N) is 1. The molecule has 1 amide bonds. The minimum Gasteiger partial charge on any atom is -0.489 e. The predicted molar refractivity (Wildman–Crippen MR) is 165 cm³/mol. The average molecular weight is 572 g/mol. The van der Waals surface area contributed by atoms with Crippen LogP contribution in [0.3, 0.4) is 0 Å². The van der Waals surface area contributed by atoms with E-state index in [2.05, 4.69) is 31.1 Å². The van der Waals surface area contributed by atoms with Gasteiger partial charge in [0.25, 0.3) is 5.91 Å². The molecule has 4 aromatic rings. The molecule has 0 aliphatic heterocycles. The van der Waals surface area contributed by atoms with E-state index in [-0.39, 0.29) is 24.9 Å². The number of hydrogen-bond acceptors (Lipinski definition) is 6. The number of benzene rings is 2. The highest BCUT2D eigenvalue weighted by molar-refractivity contribution is 5.94. The van der Waals surface area contributed by atoms with E-state index in [1.807, 2.05) is 42.5 Å². The first-order valence-electron chi connectivity index (χ1n) is 14.7. The van der Waals surface area contributed by atoms with E-state index >= 15 is 0 Å². The summed E-state index contributed by atoms with van der Waals surface area (Å²) in [4.78, 5) is 29.2. The van der Waals surface area contributed by atoms with Crippen LogP contribution in [0.2, 0.25) is 0 Å². The molecule has 0 radical (unpaired) electrons. The Balaban J connectivity index is 1.55. The summed E-state index contributed by atoms with van der Waals surface area (Å²) >= 11 is 0. The molecule has 0 aliphatic carbocycles. The number of amides is 1. The van der Waals surface area contributed by atoms with E-state index in [1.54, 1.807) is 31.6 Å². The van der Waals surface area contributed by atoms with Crippen molar-refractivity contribution in [1.82, 2.24) is 9.88 Å². The molecule has 2 N–H and O–H groups in total. The largest absolute Gasteiger partial charge is 0.489 e. The number of aryl methyl sites for hydroxylation is 1. The average Bonchev–Trinajstić information content (AvgIpc) is 3.33. The van der Waals surface area contributed by atoms with Crippen LogP contribution < -0.4 is 10.1 Å². The maximum atomic E-state index is 12.8. The number of carbonyl (C=O) groups excluding carboxylic acids is 1. The van der Waals surface area contributed by atoms with Crippen LogP contribution >= 0.6 is 0 Å². The SMILES string of the molecule is CCCCCC(C)C(Nc1ccc(C(=O)N(C)CCC(=O)O)cc1)c1oc2ccc(OCc3cccnc3)cc2c1C. The van der Waals surface area contributed by atoms with Crippen molar-refractivity contribution < 1.29 is 23.8 Å². The first kappa shape index (κ1) is 30.6. The number of carboxylic acid groups (broad SMARTS) is 1. The molecule has 2 aromatic heterocycles. The highest BCUT2D eigenvalue weighted by atomic mass is 16.5. The normalized spacial score (nSPS) is 12.6. The van der Waals surface area contributed by atoms with Crippen LogP contribution in [-0.4, -0.2) is 40.5 Å². The maximum Gasteiger partial charge on any atom is 0.305 e. The number of pyridine rings is 1. The monoisotopic (exact) mass is 571 g/mol. The molecule has 0 fully saturated rings. The van der Waals surface area contributed by atoms with Gasteiger partial charge in [0, 0.05) is 53.8 Å². The van der Waals surface area contributed by atoms with Crippen molar-refractivity contribution in [2.24, 2.45) is 5.92 Å². The lowest BCUT2D eigenvalue weighted by Crippen LogP contribution is -2.29. The van der Waals surface area contributed by atoms with Crippen molar-refractivity contribution in [2.45, 2.75) is 65.5 Å². The second-order valence-corrected chi connectivity index (χ2v) is 10.9. The topological polar surface area (TPSA) is 105 Å². The van der Waals surface area contributed by atoms with Crippen LogP contribution in [0.25, 0.3) is 11.0 Å². The lowest BCUT2D eigenvalue weighted by Gasteiger charge is -2.25. The highest BCUT2D eigenvalue weighted by Gasteiger charge is 2.26. The fraction of sp³-hybridized carbons (Fsp3) is 0.382. The molecular formula is C34H41N3O5. The molecule has 2 aromatic carbocycles. The van der Waals surface area contributed by atoms with E-state index in [0.29, 0.717) is 18.1 Å². The van der Waals surface area contributed by atoms with E-state index < -0.39 is 5.97 Å². The summed E-state index contributed by atoms with van der Waals surface area (Å²) in [5, 5.41) is 13.6. The van der Waals surface area contributed by atoms with Gasteiger partial charge in [0.15, 0.2) is 0 Å². The summed E-state index contributed by atoms with van der Waals surface area (Å²) in [7, 11) is 1.62. The number of carbonyl (C=O) groups is 2. The van der Waals surface area contributed by atoms with Crippen molar-refractivity contribution in [3.63, 3.8) is 0 Å². The Hall–Kier alpha value is -4.33. The quantitative estimate of drug-likeness (QED) is 0.141. The van der Waals surface area contributed by atoms with Gasteiger partial charge in [-0.25, -0.2) is 0 Å². The lowest BCUT2D eigenvalue weighted by atomic mass is 9.91. The number of carboxylic acids is 1. The zero-order valence-corrected chi connectivity index (χ0v) is 24.9. The number of aliphatic carboxylic acids is 1. The summed E-state index contributed by atoms with van der Waals surface area (Å²) in [6, 6.07) is 17.1. The smallest absolute Gasteiger partial charge is 0.305 e. The van der Waals surface area contributed by atoms with Crippen molar-refractivity contribution in [1.29, 1.82) is 0 Å². The number of ether oxygens (including phenoxy) is 1. The number of fused-ring (bicyclic) bond motifs is 1. The van der Waals surface area contributed by atoms with Gasteiger partial charge in [-0.2, -0.15) is 0 Å². The molecule has 222 valence electrons. The predicted octanol–water partition coefficient (Wildman–Crippen LogP) is 7.63. The maximum absolute atomic E-state index is 12.8. The minimum atomic E-state index is -0.928. The van der Waals surface area contributed by atoms with Crippen molar-refractivity contribution in [3.05, 3.63) is 89.4 Å². The van der Waals surface area contributed by atoms with E-state index in [4.69, 9.17) is 14.3 Å². The highest BCUT2D eigenvalue weighted by Crippen LogP contribution is 2.38. The van der Waals surface area contributed by atoms with Crippen molar-refractivity contribution >= 4 is 28.5 Å². The van der Waals surface area contributed by atoms with Crippen LogP contribution in [0.15, 0.2) is 71.4 Å². The zero-order chi connectivity index (χ0) is 30.1. The Labute approximate surface area is 247 Å². The number of anilines is 1. The van der Waals surface area contributed by atoms with Gasteiger partial charge in [-0.15, -0.1) is 0 Å². The van der Waals surface area contributed by atoms with E-state index in [1.165, 1.54) is 11.3 Å². The Morgan fingerprint density at radius 3 is 2.60 bits per heavy atom. The summed E-state index contributed by atoms with van der Waals surface area (Å²) in [6.45, 7) is 7.15. The number of furan rings is 1. The number of unbranched alkanes of at least 4 members (excludes halogenated alkanes) is 2. The Morgan fingerprint density at radius 2 is 1.90 bits per heavy atom. The molecule has 0 bridgehead atoms. The lowest BCUT2D eigenvalue weighted by molar-refractivity contribution is -0.137. The van der Waals surface area contributed by atoms with Gasteiger partial charge in [-0.3, -0.25) is 14.6 Å². The van der Waals surface area contributed by atoms with E-state index in [9.17, 15) is 9.59 Å². The summed E-state index contributed by atoms with van der Waals surface area (Å²) < 4.78 is 12.5. The Morgan fingerprint density at radius 1 is 1.12 bits per heavy atom. The van der Waals surface area contributed by atoms with Gasteiger partial charge in [0.2, 0.25) is 0 Å². The molecule has 0 aliphatic rings. The number of aromatic nitrogens is 1. The Kier molecular flexibility index (Phi) is 10.6. The summed E-state index contributed by atoms with van der Waals surface area (Å²) in [6.07, 6.45) is 7.98. The number of nitrogens with zero attached hydrogens (tertiary/aromatic N) is 2. The van der Waals surface area contributed by atoms with Gasteiger partial charge in [0.1, 0.15) is 23.7 Å². The molecule has 0 saturated carbocycles. The summed E-state index contributed by atoms with van der Waals surface area (Å²) in [5.41, 5.74) is 4.29. The number of rotatable bonds is 15. The first-order valence-corrected chi connectivity index (χ1v) is 14.7. The molecule has 2 unspecified atom stereocenters. The molecule has 2 atom stereocenters. The van der Waals surface area contributed by atoms with Gasteiger partial charge in [-0.1, -0.05) is 39.2 Å². The third-order valence-electron chi connectivity index (χ3n) is 7.65. The van der Waals surface area contributed by atoms with Gasteiger partial charge < -0.3 is 24.5 Å². The second-order valence-electron chi connectivity index (χ2n) is 10.9. The van der Waals surface area contributed by atoms with Crippen LogP contribution in [0.5, 0.6) is 5.75 Å². The molecule has 2 heterocycles. The molecule has 8 heteroatoms. The third kappa shape index (κ3) is 7.90. The fourth-order valence-corrected chi connectivity index (χ4v) is 5.08. The molecule has 8 nitrogen and oxygen atoms in total. The standard InChI is InChI=1S/C34H41N3O5/c1-5-6-7-9-23(2)32(36-27-13-11-26(12-14-27)34(40)37(4)19-17-31(38)39)33-24(3)29-20-28(15-16-30(29)42-33)41-22-25-10-8-18-35-21-25/h8,10-16,18,20-21,23,32,36H,5-7,9,17,19,22H2,1-4H3,(H,38,39). The fourth-order valence-electron chi connectivity index (χ4n) is 5.08. The minimum absolute atomic E-state index is 0.0752. The first-order chi connectivity index (χ1) is 20.3. The molecule has 4 rings (SSSR count). The second kappa shape index (κ2) is 14.5. The van der Waals surface area contributed by atoms with Crippen LogP contribution in [0.1, 0.15) is 79.2 Å². The summed E-state index contributed by atoms with van der Waals surface area (Å²) in [5.74, 6) is 0.827. The van der Waals surface area contributed by atoms with Crippen molar-refractivity contribution in [3.8, 4) is 5.75 Å². The van der Waals surface area contributed by atoms with E-state index in [0.717, 1.165) is 58.6 Å². The zero-order valence-electron chi connectivity index (χ0n) is 24.9. The van der Waals surface area contributed by atoms with Crippen molar-refractivity contribution in [2.75, 3.05) is 18.9 Å². The van der Waals surface area contributed by atoms with Crippen LogP contribution in [0.4, 0.5) is 5.69 Å². The van der Waals surface area contributed by atoms with Crippen LogP contribution in [0, 0.1) is 12.8 Å².